The number of nitrogens with zero attached hydrogens (tertiary/aromatic N) is 1. The summed E-state index contributed by atoms with van der Waals surface area (Å²) in [4.78, 5) is 13.2. The highest BCUT2D eigenvalue weighted by molar-refractivity contribution is 8.00. The Balaban J connectivity index is 1.46. The van der Waals surface area contributed by atoms with Crippen molar-refractivity contribution < 1.29 is 27.1 Å². The van der Waals surface area contributed by atoms with Gasteiger partial charge in [0.2, 0.25) is 10.0 Å². The van der Waals surface area contributed by atoms with Crippen molar-refractivity contribution in [3.05, 3.63) is 101 Å². The minimum Gasteiger partial charge on any atom is -0.390 e. The molecule has 2 unspecified atom stereocenters. The van der Waals surface area contributed by atoms with E-state index in [0.717, 1.165) is 35.9 Å². The highest BCUT2D eigenvalue weighted by Gasteiger charge is 2.28. The lowest BCUT2D eigenvalue weighted by molar-refractivity contribution is 0.0829. The van der Waals surface area contributed by atoms with E-state index in [4.69, 9.17) is 0 Å². The standard InChI is InChI=1S/C29H33F2N3O4S2/c1-2-20-4-3-5-21(12-20)17-32-18-28(35)27(15-22-13-24(30)16-25(31)14-22)33-29(36)23-6-8-26(9-7-23)40(37,38)34-10-11-39-19-34/h3-9,12-14,16,27-28,32,35H,2,10-11,15,17-19H2,1H3,(H,33,36). The van der Waals surface area contributed by atoms with Crippen LogP contribution in [0.4, 0.5) is 8.78 Å². The number of hydrogen-bond donors (Lipinski definition) is 3. The van der Waals surface area contributed by atoms with E-state index in [0.29, 0.717) is 19.0 Å². The molecule has 1 aliphatic heterocycles. The number of nitrogens with one attached hydrogen (secondary N) is 2. The third-order valence-electron chi connectivity index (χ3n) is 6.72. The van der Waals surface area contributed by atoms with Gasteiger partial charge < -0.3 is 15.7 Å². The molecule has 0 bridgehead atoms. The number of thioether (sulfide) groups is 1. The van der Waals surface area contributed by atoms with Crippen molar-refractivity contribution >= 4 is 27.7 Å². The average molecular weight is 590 g/mol. The average Bonchev–Trinajstić information content (AvgIpc) is 3.48. The van der Waals surface area contributed by atoms with E-state index >= 15 is 0 Å². The molecule has 0 radical (unpaired) electrons. The Morgan fingerprint density at radius 1 is 1.02 bits per heavy atom. The minimum absolute atomic E-state index is 0.0202. The summed E-state index contributed by atoms with van der Waals surface area (Å²) in [6.07, 6.45) is -0.205. The van der Waals surface area contributed by atoms with E-state index in [2.05, 4.69) is 23.6 Å². The zero-order valence-corrected chi connectivity index (χ0v) is 23.8. The maximum Gasteiger partial charge on any atom is 0.251 e. The van der Waals surface area contributed by atoms with Crippen LogP contribution in [0, 0.1) is 11.6 Å². The van der Waals surface area contributed by atoms with Gasteiger partial charge in [0.15, 0.2) is 0 Å². The quantitative estimate of drug-likeness (QED) is 0.298. The van der Waals surface area contributed by atoms with Gasteiger partial charge in [-0.3, -0.25) is 4.79 Å². The summed E-state index contributed by atoms with van der Waals surface area (Å²) in [7, 11) is -3.64. The number of amides is 1. The summed E-state index contributed by atoms with van der Waals surface area (Å²) < 4.78 is 54.7. The molecule has 0 aromatic heterocycles. The van der Waals surface area contributed by atoms with Crippen molar-refractivity contribution in [3.8, 4) is 0 Å². The van der Waals surface area contributed by atoms with Crippen molar-refractivity contribution in [2.45, 2.75) is 43.4 Å². The summed E-state index contributed by atoms with van der Waals surface area (Å²) in [5.74, 6) is -0.924. The highest BCUT2D eigenvalue weighted by Crippen LogP contribution is 2.23. The normalized spacial score (nSPS) is 15.6. The van der Waals surface area contributed by atoms with E-state index in [-0.39, 0.29) is 29.0 Å². The van der Waals surface area contributed by atoms with Crippen LogP contribution < -0.4 is 10.6 Å². The van der Waals surface area contributed by atoms with E-state index in [1.165, 1.54) is 45.9 Å². The largest absolute Gasteiger partial charge is 0.390 e. The summed E-state index contributed by atoms with van der Waals surface area (Å²) in [6, 6.07) is 15.8. The molecule has 214 valence electrons. The van der Waals surface area contributed by atoms with Gasteiger partial charge in [-0.1, -0.05) is 31.2 Å². The molecule has 1 heterocycles. The lowest BCUT2D eigenvalue weighted by Gasteiger charge is -2.25. The molecule has 0 saturated carbocycles. The lowest BCUT2D eigenvalue weighted by Crippen LogP contribution is -2.48. The predicted octanol–water partition coefficient (Wildman–Crippen LogP) is 3.71. The Morgan fingerprint density at radius 2 is 1.73 bits per heavy atom. The molecule has 1 aliphatic rings. The van der Waals surface area contributed by atoms with Crippen molar-refractivity contribution in [2.75, 3.05) is 24.7 Å². The lowest BCUT2D eigenvalue weighted by atomic mass is 10.00. The van der Waals surface area contributed by atoms with Gasteiger partial charge in [0, 0.05) is 37.0 Å². The number of hydrogen-bond acceptors (Lipinski definition) is 6. The summed E-state index contributed by atoms with van der Waals surface area (Å²) >= 11 is 1.54. The van der Waals surface area contributed by atoms with Crippen LogP contribution in [0.3, 0.4) is 0 Å². The van der Waals surface area contributed by atoms with Gasteiger partial charge in [-0.15, -0.1) is 11.8 Å². The van der Waals surface area contributed by atoms with Gasteiger partial charge in [0.25, 0.3) is 5.91 Å². The number of benzene rings is 3. The molecule has 0 aliphatic carbocycles. The van der Waals surface area contributed by atoms with Crippen LogP contribution in [0.15, 0.2) is 71.6 Å². The number of sulfonamides is 1. The van der Waals surface area contributed by atoms with Crippen molar-refractivity contribution in [1.82, 2.24) is 14.9 Å². The molecule has 11 heteroatoms. The van der Waals surface area contributed by atoms with Crippen LogP contribution in [0.5, 0.6) is 0 Å². The molecule has 40 heavy (non-hydrogen) atoms. The van der Waals surface area contributed by atoms with Gasteiger partial charge in [0.1, 0.15) is 11.6 Å². The van der Waals surface area contributed by atoms with Gasteiger partial charge >= 0.3 is 0 Å². The second-order valence-electron chi connectivity index (χ2n) is 9.68. The fourth-order valence-electron chi connectivity index (χ4n) is 4.50. The molecule has 3 aromatic carbocycles. The SMILES string of the molecule is CCc1cccc(CNCC(O)C(Cc2cc(F)cc(F)c2)NC(=O)c2ccc(S(=O)(=O)N3CCSC3)cc2)c1. The minimum atomic E-state index is -3.64. The number of rotatable bonds is 12. The maximum absolute atomic E-state index is 13.8. The molecule has 2 atom stereocenters. The van der Waals surface area contributed by atoms with Crippen molar-refractivity contribution in [3.63, 3.8) is 0 Å². The topological polar surface area (TPSA) is 98.7 Å². The van der Waals surface area contributed by atoms with Crippen LogP contribution >= 0.6 is 11.8 Å². The van der Waals surface area contributed by atoms with Crippen molar-refractivity contribution in [1.29, 1.82) is 0 Å². The number of halogens is 2. The molecular formula is C29H33F2N3O4S2. The first-order valence-electron chi connectivity index (χ1n) is 13.1. The molecule has 7 nitrogen and oxygen atoms in total. The summed E-state index contributed by atoms with van der Waals surface area (Å²) in [5.41, 5.74) is 2.71. The Kier molecular flexibility index (Phi) is 10.3. The first-order chi connectivity index (χ1) is 19.2. The zero-order chi connectivity index (χ0) is 28.7. The van der Waals surface area contributed by atoms with Crippen LogP contribution in [0.25, 0.3) is 0 Å². The van der Waals surface area contributed by atoms with Gasteiger partial charge in [-0.05, 0) is 65.9 Å². The molecular weight excluding hydrogens is 556 g/mol. The monoisotopic (exact) mass is 589 g/mol. The van der Waals surface area contributed by atoms with E-state index in [9.17, 15) is 27.1 Å². The van der Waals surface area contributed by atoms with Crippen LogP contribution in [-0.2, 0) is 29.4 Å². The first kappa shape index (κ1) is 30.1. The van der Waals surface area contributed by atoms with E-state index in [1.54, 1.807) is 0 Å². The third-order valence-corrected chi connectivity index (χ3v) is 9.70. The maximum atomic E-state index is 13.8. The fourth-order valence-corrected chi connectivity index (χ4v) is 7.31. The summed E-state index contributed by atoms with van der Waals surface area (Å²) in [5, 5.41) is 17.0. The number of aliphatic hydroxyl groups is 1. The van der Waals surface area contributed by atoms with Crippen LogP contribution in [-0.4, -0.2) is 60.6 Å². The second kappa shape index (κ2) is 13.7. The smallest absolute Gasteiger partial charge is 0.251 e. The molecule has 0 spiro atoms. The second-order valence-corrected chi connectivity index (χ2v) is 12.7. The highest BCUT2D eigenvalue weighted by atomic mass is 32.2. The predicted molar refractivity (Wildman–Crippen MR) is 153 cm³/mol. The molecule has 1 amide bonds. The van der Waals surface area contributed by atoms with Gasteiger partial charge in [-0.25, -0.2) is 17.2 Å². The van der Waals surface area contributed by atoms with Crippen molar-refractivity contribution in [2.24, 2.45) is 0 Å². The Hall–Kier alpha value is -2.83. The van der Waals surface area contributed by atoms with E-state index < -0.39 is 39.7 Å². The molecule has 3 N–H and O–H groups in total. The summed E-state index contributed by atoms with van der Waals surface area (Å²) in [6.45, 7) is 3.11. The number of aryl methyl sites for hydroxylation is 1. The van der Waals surface area contributed by atoms with Crippen LogP contribution in [0.1, 0.15) is 34.0 Å². The van der Waals surface area contributed by atoms with Crippen LogP contribution in [0.2, 0.25) is 0 Å². The number of carbonyl (C=O) groups is 1. The molecule has 4 rings (SSSR count). The first-order valence-corrected chi connectivity index (χ1v) is 15.7. The Labute approximate surface area is 238 Å². The van der Waals surface area contributed by atoms with Gasteiger partial charge in [0.05, 0.1) is 22.9 Å². The molecule has 1 saturated heterocycles. The molecule has 3 aromatic rings. The van der Waals surface area contributed by atoms with Gasteiger partial charge in [-0.2, -0.15) is 4.31 Å². The molecule has 1 fully saturated rings. The Morgan fingerprint density at radius 3 is 2.38 bits per heavy atom. The third kappa shape index (κ3) is 7.88. The number of aliphatic hydroxyl groups excluding tert-OH is 1. The number of carbonyl (C=O) groups excluding carboxylic acids is 1. The fraction of sp³-hybridized carbons (Fsp3) is 0.345. The zero-order valence-electron chi connectivity index (χ0n) is 22.1. The Bertz CT molecular complexity index is 1390. The van der Waals surface area contributed by atoms with E-state index in [1.807, 2.05) is 18.2 Å².